The molecule has 12 nitrogen and oxygen atoms in total. The Morgan fingerprint density at radius 3 is 0.723 bits per heavy atom. The minimum atomic E-state index is 0.516. The molecule has 0 saturated carbocycles. The van der Waals surface area contributed by atoms with Crippen LogP contribution in [0.5, 0.6) is 46.0 Å². The summed E-state index contributed by atoms with van der Waals surface area (Å²) >= 11 is 0. The molecule has 14 rings (SSSR count). The van der Waals surface area contributed by atoms with Crippen molar-refractivity contribution in [3.05, 3.63) is 241 Å². The maximum absolute atomic E-state index is 8.35. The predicted molar refractivity (Wildman–Crippen MR) is 382 cm³/mol. The van der Waals surface area contributed by atoms with Gasteiger partial charge in [-0.05, 0) is 182 Å². The Bertz CT molecular complexity index is 4740. The van der Waals surface area contributed by atoms with Gasteiger partial charge < -0.3 is 60.8 Å². The number of nitrogens with two attached hydrogens (primary N) is 4. The number of fused-ring (bicyclic) bond motifs is 6. The van der Waals surface area contributed by atoms with Gasteiger partial charge in [0.05, 0.1) is 56.9 Å². The monoisotopic (exact) mass is 1240 g/mol. The molecule has 0 saturated heterocycles. The van der Waals surface area contributed by atoms with Crippen LogP contribution in [-0.2, 0) is 0 Å². The highest BCUT2D eigenvalue weighted by molar-refractivity contribution is 6.31. The van der Waals surface area contributed by atoms with E-state index in [2.05, 4.69) is 103 Å². The van der Waals surface area contributed by atoms with E-state index in [1.165, 1.54) is 0 Å². The highest BCUT2D eigenvalue weighted by atomic mass is 16.5. The molecule has 0 bridgehead atoms. The third kappa shape index (κ3) is 9.86. The van der Waals surface area contributed by atoms with E-state index < -0.39 is 0 Å². The maximum atomic E-state index is 8.35. The smallest absolute Gasteiger partial charge is 0.118 e. The summed E-state index contributed by atoms with van der Waals surface area (Å²) < 4.78 is 47.0. The van der Waals surface area contributed by atoms with Crippen molar-refractivity contribution in [1.29, 1.82) is 0 Å². The molecule has 2 aliphatic rings. The summed E-state index contributed by atoms with van der Waals surface area (Å²) in [4.78, 5) is 0. The van der Waals surface area contributed by atoms with E-state index in [1.54, 1.807) is 56.9 Å². The third-order valence-electron chi connectivity index (χ3n) is 18.3. The second kappa shape index (κ2) is 24.3. The molecule has 0 radical (unpaired) electrons. The van der Waals surface area contributed by atoms with Crippen molar-refractivity contribution in [2.45, 2.75) is 0 Å². The van der Waals surface area contributed by atoms with Gasteiger partial charge in [0, 0.05) is 101 Å². The van der Waals surface area contributed by atoms with Crippen molar-refractivity contribution < 1.29 is 37.9 Å². The molecule has 0 amide bonds. The molecule has 8 N–H and O–H groups in total. The molecule has 2 aliphatic carbocycles. The normalized spacial score (nSPS) is 11.7. The molecule has 0 atom stereocenters. The Balaban J connectivity index is 1.32. The molecule has 0 unspecified atom stereocenters. The lowest BCUT2D eigenvalue weighted by Gasteiger charge is -2.26. The van der Waals surface area contributed by atoms with Gasteiger partial charge in [0.2, 0.25) is 0 Å². The van der Waals surface area contributed by atoms with E-state index in [0.717, 1.165) is 150 Å². The highest BCUT2D eigenvalue weighted by Crippen LogP contribution is 2.68. The topological polar surface area (TPSA) is 178 Å². The molecule has 12 aromatic rings. The zero-order chi connectivity index (χ0) is 65.1. The van der Waals surface area contributed by atoms with Crippen molar-refractivity contribution in [3.63, 3.8) is 0 Å². The molecule has 12 heteroatoms. The Morgan fingerprint density at radius 2 is 0.436 bits per heavy atom. The summed E-state index contributed by atoms with van der Waals surface area (Å²) in [7, 11) is 13.4. The number of rotatable bonds is 16. The molecule has 0 spiro atoms. The van der Waals surface area contributed by atoms with Crippen LogP contribution >= 0.6 is 0 Å². The molecule has 0 aromatic heterocycles. The summed E-state index contributed by atoms with van der Waals surface area (Å²) in [6.45, 7) is 0. The Kier molecular flexibility index (Phi) is 15.4. The van der Waals surface area contributed by atoms with Gasteiger partial charge in [-0.1, -0.05) is 103 Å². The second-order valence-electron chi connectivity index (χ2n) is 23.1. The fraction of sp³-hybridized carbons (Fsp3) is 0.0976. The Morgan fingerprint density at radius 1 is 0.181 bits per heavy atom. The number of anilines is 4. The second-order valence-corrected chi connectivity index (χ2v) is 23.1. The lowest BCUT2D eigenvalue weighted by Crippen LogP contribution is -2.05. The first-order chi connectivity index (χ1) is 45.9. The van der Waals surface area contributed by atoms with Crippen LogP contribution in [0.15, 0.2) is 218 Å². The molecular weight excluding hydrogens is 1170 g/mol. The lowest BCUT2D eigenvalue weighted by molar-refractivity contribution is 0.414. The van der Waals surface area contributed by atoms with Crippen molar-refractivity contribution in [2.75, 3.05) is 79.8 Å². The third-order valence-corrected chi connectivity index (χ3v) is 18.3. The van der Waals surface area contributed by atoms with Gasteiger partial charge >= 0.3 is 0 Å². The van der Waals surface area contributed by atoms with Crippen LogP contribution in [0.2, 0.25) is 0 Å². The summed E-state index contributed by atoms with van der Waals surface area (Å²) in [5.41, 5.74) is 56.1. The van der Waals surface area contributed by atoms with Crippen molar-refractivity contribution in [2.24, 2.45) is 0 Å². The van der Waals surface area contributed by atoms with Gasteiger partial charge in [-0.25, -0.2) is 0 Å². The van der Waals surface area contributed by atoms with E-state index >= 15 is 0 Å². The van der Waals surface area contributed by atoms with E-state index in [4.69, 9.17) is 60.8 Å². The molecular formula is C82H68N4O8. The van der Waals surface area contributed by atoms with Gasteiger partial charge in [0.15, 0.2) is 0 Å². The number of hydrogen-bond acceptors (Lipinski definition) is 12. The number of hydrogen-bond donors (Lipinski definition) is 4. The van der Waals surface area contributed by atoms with Crippen LogP contribution in [0.3, 0.4) is 0 Å². The van der Waals surface area contributed by atoms with E-state index in [0.29, 0.717) is 63.0 Å². The van der Waals surface area contributed by atoms with Gasteiger partial charge in [-0.2, -0.15) is 0 Å². The first kappa shape index (κ1) is 59.6. The standard InChI is InChI=1S/C82H68N4O8/c1-87-54-26-9-45(10-27-54)63-44-65-62-42-25-53(83)43-64(62)74(73(65)70(80(63)84)50-19-36-59(92-6)37-20-50)79-77-71(51-21-38-60(93-7)39-22-51)81(85)68(48-15-32-57(90-4)33-16-48)66(46-11-28-55(88-2)29-12-46)75(77)76-67(47-13-30-56(89-3)31-14-47)69(49-17-34-58(91-5)35-18-49)82(86)72(78(76)79)52-23-40-61(94-8)41-24-52/h9-44H,83-86H2,1-8H3. The number of nitrogen functional groups attached to an aromatic ring is 4. The first-order valence-electron chi connectivity index (χ1n) is 30.7. The number of benzene rings is 12. The average Bonchev–Trinajstić information content (AvgIpc) is 1.50. The van der Waals surface area contributed by atoms with Crippen molar-refractivity contribution >= 4 is 33.9 Å². The van der Waals surface area contributed by atoms with Gasteiger partial charge in [-0.15, -0.1) is 0 Å². The van der Waals surface area contributed by atoms with Crippen LogP contribution < -0.4 is 60.8 Å². The van der Waals surface area contributed by atoms with Crippen LogP contribution in [0.1, 0.15) is 22.3 Å². The first-order valence-corrected chi connectivity index (χ1v) is 30.7. The van der Waals surface area contributed by atoms with Gasteiger partial charge in [0.1, 0.15) is 46.0 Å². The molecule has 0 fully saturated rings. The van der Waals surface area contributed by atoms with Crippen molar-refractivity contribution in [1.82, 2.24) is 0 Å². The predicted octanol–water partition coefficient (Wildman–Crippen LogP) is 18.4. The van der Waals surface area contributed by atoms with Crippen LogP contribution in [0, 0.1) is 0 Å². The highest BCUT2D eigenvalue weighted by Gasteiger charge is 2.44. The van der Waals surface area contributed by atoms with Gasteiger partial charge in [0.25, 0.3) is 0 Å². The summed E-state index contributed by atoms with van der Waals surface area (Å²) in [5.74, 6) is 5.50. The quantitative estimate of drug-likeness (QED) is 0.0674. The summed E-state index contributed by atoms with van der Waals surface area (Å²) in [6.07, 6.45) is 0. The van der Waals surface area contributed by atoms with Crippen LogP contribution in [-0.4, -0.2) is 56.9 Å². The van der Waals surface area contributed by atoms with Crippen molar-refractivity contribution in [3.8, 4) is 157 Å². The maximum Gasteiger partial charge on any atom is 0.118 e. The fourth-order valence-corrected chi connectivity index (χ4v) is 13.9. The fourth-order valence-electron chi connectivity index (χ4n) is 13.9. The number of ether oxygens (including phenoxy) is 8. The molecule has 12 aromatic carbocycles. The Labute approximate surface area is 546 Å². The largest absolute Gasteiger partial charge is 0.497 e. The molecule has 94 heavy (non-hydrogen) atoms. The minimum absolute atomic E-state index is 0.516. The zero-order valence-electron chi connectivity index (χ0n) is 53.4. The van der Waals surface area contributed by atoms with Crippen LogP contribution in [0.4, 0.5) is 22.7 Å². The van der Waals surface area contributed by atoms with E-state index in [1.807, 2.05) is 115 Å². The zero-order valence-corrected chi connectivity index (χ0v) is 53.4. The summed E-state index contributed by atoms with van der Waals surface area (Å²) in [5, 5.41) is 0. The molecule has 464 valence electrons. The van der Waals surface area contributed by atoms with E-state index in [-0.39, 0.29) is 0 Å². The Hall–Kier alpha value is -12.0. The summed E-state index contributed by atoms with van der Waals surface area (Å²) in [6, 6.07) is 73.5. The van der Waals surface area contributed by atoms with Crippen LogP contribution in [0.25, 0.3) is 122 Å². The SMILES string of the molecule is COc1ccc(-c2cc3c(c(-c4ccc(OC)cc4)c2N)C(=C2c4c(-c5ccc(OC)cc5)c(N)c(-c5ccc(OC)cc5)c(-c5ccc(OC)cc5)c4-c4c2c(-c2ccc(OC)cc2)c(N)c(-c2ccc(OC)cc2)c4-c2ccc(OC)cc2)c2cc(N)ccc2-3)cc1. The number of methoxy groups -OCH3 is 8. The molecule has 0 aliphatic heterocycles. The average molecular weight is 1240 g/mol. The van der Waals surface area contributed by atoms with Gasteiger partial charge in [-0.3, -0.25) is 0 Å². The molecule has 0 heterocycles. The minimum Gasteiger partial charge on any atom is -0.497 e. The van der Waals surface area contributed by atoms with E-state index in [9.17, 15) is 0 Å². The lowest BCUT2D eigenvalue weighted by atomic mass is 9.78.